The molecule has 0 bridgehead atoms. The third-order valence-electron chi connectivity index (χ3n) is 3.06. The van der Waals surface area contributed by atoms with Crippen molar-refractivity contribution in [2.24, 2.45) is 0 Å². The van der Waals surface area contributed by atoms with Crippen molar-refractivity contribution in [1.29, 1.82) is 0 Å². The van der Waals surface area contributed by atoms with Crippen LogP contribution in [0.25, 0.3) is 0 Å². The van der Waals surface area contributed by atoms with Gasteiger partial charge in [0, 0.05) is 11.1 Å². The van der Waals surface area contributed by atoms with E-state index in [0.29, 0.717) is 28.0 Å². The predicted molar refractivity (Wildman–Crippen MR) is 72.3 cm³/mol. The highest BCUT2D eigenvalue weighted by atomic mass is 19.1. The average Bonchev–Trinajstić information content (AvgIpc) is 2.37. The van der Waals surface area contributed by atoms with E-state index in [9.17, 15) is 9.18 Å². The smallest absolute Gasteiger partial charge is 0.193 e. The van der Waals surface area contributed by atoms with Gasteiger partial charge in [-0.05, 0) is 49.2 Å². The summed E-state index contributed by atoms with van der Waals surface area (Å²) in [5.41, 5.74) is 2.38. The molecule has 98 valence electrons. The molecular weight excluding hydrogens is 243 g/mol. The summed E-state index contributed by atoms with van der Waals surface area (Å²) in [6.45, 7) is 3.48. The van der Waals surface area contributed by atoms with E-state index in [4.69, 9.17) is 4.74 Å². The summed E-state index contributed by atoms with van der Waals surface area (Å²) in [6.07, 6.45) is 0. The summed E-state index contributed by atoms with van der Waals surface area (Å²) in [5.74, 6) is 0.189. The maximum absolute atomic E-state index is 13.3. The fraction of sp³-hybridized carbons (Fsp3) is 0.188. The molecule has 3 heteroatoms. The fourth-order valence-corrected chi connectivity index (χ4v) is 2.18. The molecule has 2 aromatic carbocycles. The number of rotatable bonds is 3. The lowest BCUT2D eigenvalue weighted by Gasteiger charge is -2.10. The van der Waals surface area contributed by atoms with Gasteiger partial charge in [-0.15, -0.1) is 0 Å². The first-order valence-electron chi connectivity index (χ1n) is 5.98. The minimum Gasteiger partial charge on any atom is -0.497 e. The van der Waals surface area contributed by atoms with Crippen LogP contribution in [0, 0.1) is 19.7 Å². The molecule has 0 radical (unpaired) electrons. The summed E-state index contributed by atoms with van der Waals surface area (Å²) in [4.78, 5) is 12.5. The lowest BCUT2D eigenvalue weighted by molar-refractivity contribution is 0.103. The van der Waals surface area contributed by atoms with E-state index in [0.717, 1.165) is 0 Å². The van der Waals surface area contributed by atoms with Gasteiger partial charge in [0.15, 0.2) is 5.78 Å². The zero-order chi connectivity index (χ0) is 14.0. The highest BCUT2D eigenvalue weighted by molar-refractivity contribution is 6.11. The van der Waals surface area contributed by atoms with Crippen molar-refractivity contribution >= 4 is 5.78 Å². The van der Waals surface area contributed by atoms with Crippen molar-refractivity contribution in [3.05, 3.63) is 64.5 Å². The van der Waals surface area contributed by atoms with Crippen LogP contribution in [-0.2, 0) is 0 Å². The summed E-state index contributed by atoms with van der Waals surface area (Å²) in [6, 6.07) is 9.71. The Morgan fingerprint density at radius 2 is 1.74 bits per heavy atom. The number of ether oxygens (including phenoxy) is 1. The Morgan fingerprint density at radius 1 is 1.11 bits per heavy atom. The number of halogens is 1. The number of hydrogen-bond acceptors (Lipinski definition) is 2. The molecule has 0 unspecified atom stereocenters. The van der Waals surface area contributed by atoms with Gasteiger partial charge in [0.05, 0.1) is 7.11 Å². The number of ketones is 1. The summed E-state index contributed by atoms with van der Waals surface area (Å²) >= 11 is 0. The van der Waals surface area contributed by atoms with Gasteiger partial charge < -0.3 is 4.74 Å². The van der Waals surface area contributed by atoms with Crippen LogP contribution in [0.1, 0.15) is 27.0 Å². The molecule has 0 saturated carbocycles. The van der Waals surface area contributed by atoms with Crippen LogP contribution in [0.15, 0.2) is 36.4 Å². The quantitative estimate of drug-likeness (QED) is 0.785. The van der Waals surface area contributed by atoms with E-state index in [1.165, 1.54) is 12.1 Å². The van der Waals surface area contributed by atoms with E-state index in [2.05, 4.69) is 0 Å². The number of hydrogen-bond donors (Lipinski definition) is 0. The molecule has 0 N–H and O–H groups in total. The predicted octanol–water partition coefficient (Wildman–Crippen LogP) is 3.68. The Bertz CT molecular complexity index is 609. The lowest BCUT2D eigenvalue weighted by atomic mass is 9.94. The van der Waals surface area contributed by atoms with Crippen LogP contribution in [0.2, 0.25) is 0 Å². The van der Waals surface area contributed by atoms with Crippen molar-refractivity contribution < 1.29 is 13.9 Å². The average molecular weight is 258 g/mol. The molecule has 0 saturated heterocycles. The van der Waals surface area contributed by atoms with Crippen LogP contribution < -0.4 is 4.74 Å². The highest BCUT2D eigenvalue weighted by Gasteiger charge is 2.16. The van der Waals surface area contributed by atoms with Crippen LogP contribution in [0.5, 0.6) is 5.75 Å². The molecule has 0 atom stereocenters. The molecule has 0 fully saturated rings. The third kappa shape index (κ3) is 2.65. The Morgan fingerprint density at radius 3 is 2.32 bits per heavy atom. The molecule has 0 spiro atoms. The van der Waals surface area contributed by atoms with Gasteiger partial charge in [0.1, 0.15) is 11.6 Å². The van der Waals surface area contributed by atoms with Crippen molar-refractivity contribution in [3.8, 4) is 5.75 Å². The standard InChI is InChI=1S/C16H15FO2/c1-10-7-13(17)8-11(2)15(10)16(18)12-5-4-6-14(9-12)19-3/h4-9H,1-3H3. The molecule has 0 aliphatic carbocycles. The summed E-state index contributed by atoms with van der Waals surface area (Å²) in [7, 11) is 1.55. The molecular formula is C16H15FO2. The van der Waals surface area contributed by atoms with Gasteiger partial charge in [-0.3, -0.25) is 4.79 Å². The molecule has 0 aliphatic rings. The molecule has 2 rings (SSSR count). The molecule has 0 aliphatic heterocycles. The van der Waals surface area contributed by atoms with Crippen LogP contribution in [0.4, 0.5) is 4.39 Å². The fourth-order valence-electron chi connectivity index (χ4n) is 2.18. The Hall–Kier alpha value is -2.16. The highest BCUT2D eigenvalue weighted by Crippen LogP contribution is 2.22. The zero-order valence-corrected chi connectivity index (χ0v) is 11.2. The van der Waals surface area contributed by atoms with E-state index < -0.39 is 0 Å². The van der Waals surface area contributed by atoms with E-state index >= 15 is 0 Å². The number of carbonyl (C=O) groups excluding carboxylic acids is 1. The second-order valence-electron chi connectivity index (χ2n) is 4.48. The second kappa shape index (κ2) is 5.22. The number of benzene rings is 2. The van der Waals surface area contributed by atoms with E-state index in [1.807, 2.05) is 0 Å². The molecule has 19 heavy (non-hydrogen) atoms. The Kier molecular flexibility index (Phi) is 3.65. The van der Waals surface area contributed by atoms with Gasteiger partial charge in [-0.1, -0.05) is 12.1 Å². The van der Waals surface area contributed by atoms with Gasteiger partial charge in [-0.2, -0.15) is 0 Å². The van der Waals surface area contributed by atoms with E-state index in [1.54, 1.807) is 45.2 Å². The maximum atomic E-state index is 13.3. The minimum atomic E-state index is -0.322. The molecule has 2 nitrogen and oxygen atoms in total. The van der Waals surface area contributed by atoms with Crippen molar-refractivity contribution in [1.82, 2.24) is 0 Å². The molecule has 0 heterocycles. The van der Waals surface area contributed by atoms with Crippen LogP contribution in [-0.4, -0.2) is 12.9 Å². The SMILES string of the molecule is COc1cccc(C(=O)c2c(C)cc(F)cc2C)c1. The Labute approximate surface area is 111 Å². The van der Waals surface area contributed by atoms with Crippen LogP contribution in [0.3, 0.4) is 0 Å². The largest absolute Gasteiger partial charge is 0.497 e. The van der Waals surface area contributed by atoms with Crippen molar-refractivity contribution in [2.75, 3.05) is 7.11 Å². The topological polar surface area (TPSA) is 26.3 Å². The first-order chi connectivity index (χ1) is 9.02. The zero-order valence-electron chi connectivity index (χ0n) is 11.2. The van der Waals surface area contributed by atoms with Gasteiger partial charge in [0.25, 0.3) is 0 Å². The number of carbonyl (C=O) groups is 1. The molecule has 0 aromatic heterocycles. The van der Waals surface area contributed by atoms with Gasteiger partial charge >= 0.3 is 0 Å². The first kappa shape index (κ1) is 13.3. The normalized spacial score (nSPS) is 10.3. The van der Waals surface area contributed by atoms with Crippen molar-refractivity contribution in [3.63, 3.8) is 0 Å². The summed E-state index contributed by atoms with van der Waals surface area (Å²) in [5, 5.41) is 0. The third-order valence-corrected chi connectivity index (χ3v) is 3.06. The summed E-state index contributed by atoms with van der Waals surface area (Å²) < 4.78 is 18.4. The second-order valence-corrected chi connectivity index (χ2v) is 4.48. The monoisotopic (exact) mass is 258 g/mol. The van der Waals surface area contributed by atoms with Crippen molar-refractivity contribution in [2.45, 2.75) is 13.8 Å². The van der Waals surface area contributed by atoms with Gasteiger partial charge in [-0.25, -0.2) is 4.39 Å². The van der Waals surface area contributed by atoms with Crippen LogP contribution >= 0.6 is 0 Å². The maximum Gasteiger partial charge on any atom is 0.193 e. The minimum absolute atomic E-state index is 0.117. The lowest BCUT2D eigenvalue weighted by Crippen LogP contribution is -2.07. The van der Waals surface area contributed by atoms with Gasteiger partial charge in [0.2, 0.25) is 0 Å². The first-order valence-corrected chi connectivity index (χ1v) is 5.98. The Balaban J connectivity index is 2.50. The number of methoxy groups -OCH3 is 1. The van der Waals surface area contributed by atoms with E-state index in [-0.39, 0.29) is 11.6 Å². The number of aryl methyl sites for hydroxylation is 2. The molecule has 0 amide bonds. The molecule has 2 aromatic rings.